The fourth-order valence-electron chi connectivity index (χ4n) is 1.15. The lowest BCUT2D eigenvalue weighted by molar-refractivity contribution is -0.117. The maximum absolute atomic E-state index is 10.5. The highest BCUT2D eigenvalue weighted by Crippen LogP contribution is 2.06. The number of benzene rings is 1. The first-order valence-electron chi connectivity index (χ1n) is 4.63. The first kappa shape index (κ1) is 11.0. The van der Waals surface area contributed by atoms with Crippen molar-refractivity contribution in [1.82, 2.24) is 0 Å². The second-order valence-corrected chi connectivity index (χ2v) is 3.15. The topological polar surface area (TPSA) is 66.9 Å². The SMILES string of the molecule is N#CCc1ccc(C=CCC(N)=O)cc1. The zero-order valence-corrected chi connectivity index (χ0v) is 8.31. The zero-order chi connectivity index (χ0) is 11.1. The van der Waals surface area contributed by atoms with Gasteiger partial charge < -0.3 is 5.73 Å². The molecule has 1 rings (SSSR count). The molecule has 0 aliphatic rings. The van der Waals surface area contributed by atoms with Gasteiger partial charge in [0, 0.05) is 6.42 Å². The average molecular weight is 200 g/mol. The van der Waals surface area contributed by atoms with E-state index in [9.17, 15) is 4.79 Å². The van der Waals surface area contributed by atoms with Gasteiger partial charge >= 0.3 is 0 Å². The Labute approximate surface area is 88.8 Å². The quantitative estimate of drug-likeness (QED) is 0.802. The molecule has 0 unspecified atom stereocenters. The van der Waals surface area contributed by atoms with Crippen molar-refractivity contribution < 1.29 is 4.79 Å². The lowest BCUT2D eigenvalue weighted by atomic mass is 10.1. The molecule has 1 aromatic carbocycles. The molecule has 0 radical (unpaired) electrons. The molecule has 1 aromatic rings. The number of nitriles is 1. The Bertz CT molecular complexity index is 399. The fraction of sp³-hybridized carbons (Fsp3) is 0.167. The van der Waals surface area contributed by atoms with Crippen molar-refractivity contribution in [2.75, 3.05) is 0 Å². The van der Waals surface area contributed by atoms with Gasteiger partial charge in [-0.05, 0) is 11.1 Å². The summed E-state index contributed by atoms with van der Waals surface area (Å²) in [5.74, 6) is -0.340. The van der Waals surface area contributed by atoms with Gasteiger partial charge in [0.2, 0.25) is 5.91 Å². The van der Waals surface area contributed by atoms with Crippen LogP contribution in [0.25, 0.3) is 6.08 Å². The van der Waals surface area contributed by atoms with E-state index < -0.39 is 0 Å². The Hall–Kier alpha value is -2.08. The number of hydrogen-bond donors (Lipinski definition) is 1. The predicted octanol–water partition coefficient (Wildman–Crippen LogP) is 1.64. The monoisotopic (exact) mass is 200 g/mol. The summed E-state index contributed by atoms with van der Waals surface area (Å²) < 4.78 is 0. The van der Waals surface area contributed by atoms with Gasteiger partial charge in [-0.1, -0.05) is 36.4 Å². The highest BCUT2D eigenvalue weighted by molar-refractivity contribution is 5.76. The molecule has 0 aliphatic heterocycles. The fourth-order valence-corrected chi connectivity index (χ4v) is 1.15. The lowest BCUT2D eigenvalue weighted by Gasteiger charge is -1.95. The maximum Gasteiger partial charge on any atom is 0.221 e. The largest absolute Gasteiger partial charge is 0.369 e. The average Bonchev–Trinajstić information content (AvgIpc) is 2.20. The number of nitrogens with two attached hydrogens (primary N) is 1. The smallest absolute Gasteiger partial charge is 0.221 e. The summed E-state index contributed by atoms with van der Waals surface area (Å²) in [6, 6.07) is 9.69. The Kier molecular flexibility index (Phi) is 4.11. The first-order chi connectivity index (χ1) is 7.22. The number of carbonyl (C=O) groups excluding carboxylic acids is 1. The predicted molar refractivity (Wildman–Crippen MR) is 58.6 cm³/mol. The standard InChI is InChI=1S/C12H12N2O/c13-9-8-11-6-4-10(5-7-11)2-1-3-12(14)15/h1-2,4-7H,3,8H2,(H2,14,15). The van der Waals surface area contributed by atoms with Crippen LogP contribution in [0.2, 0.25) is 0 Å². The minimum absolute atomic E-state index is 0.250. The van der Waals surface area contributed by atoms with Gasteiger partial charge in [0.25, 0.3) is 0 Å². The molecular formula is C12H12N2O. The zero-order valence-electron chi connectivity index (χ0n) is 8.31. The lowest BCUT2D eigenvalue weighted by Crippen LogP contribution is -2.07. The van der Waals surface area contributed by atoms with Crippen molar-refractivity contribution in [2.24, 2.45) is 5.73 Å². The van der Waals surface area contributed by atoms with Gasteiger partial charge in [-0.3, -0.25) is 4.79 Å². The molecule has 2 N–H and O–H groups in total. The summed E-state index contributed by atoms with van der Waals surface area (Å²) in [5.41, 5.74) is 6.98. The molecule has 3 heteroatoms. The molecule has 0 saturated heterocycles. The Morgan fingerprint density at radius 2 is 2.07 bits per heavy atom. The number of carbonyl (C=O) groups is 1. The molecule has 0 spiro atoms. The van der Waals surface area contributed by atoms with E-state index in [-0.39, 0.29) is 12.3 Å². The third kappa shape index (κ3) is 4.10. The maximum atomic E-state index is 10.5. The minimum Gasteiger partial charge on any atom is -0.369 e. The van der Waals surface area contributed by atoms with Crippen LogP contribution < -0.4 is 5.73 Å². The van der Waals surface area contributed by atoms with Crippen molar-refractivity contribution in [2.45, 2.75) is 12.8 Å². The highest BCUT2D eigenvalue weighted by atomic mass is 16.1. The van der Waals surface area contributed by atoms with E-state index >= 15 is 0 Å². The molecule has 0 saturated carbocycles. The molecule has 0 aliphatic carbocycles. The molecule has 0 fully saturated rings. The molecule has 3 nitrogen and oxygen atoms in total. The number of amides is 1. The number of nitrogens with zero attached hydrogens (tertiary/aromatic N) is 1. The van der Waals surface area contributed by atoms with E-state index in [0.717, 1.165) is 11.1 Å². The summed E-state index contributed by atoms with van der Waals surface area (Å²) in [6.45, 7) is 0. The van der Waals surface area contributed by atoms with Crippen molar-refractivity contribution in [3.05, 3.63) is 41.5 Å². The molecule has 1 amide bonds. The molecule has 76 valence electrons. The third-order valence-electron chi connectivity index (χ3n) is 1.89. The van der Waals surface area contributed by atoms with Crippen LogP contribution in [0.4, 0.5) is 0 Å². The van der Waals surface area contributed by atoms with Crippen LogP contribution >= 0.6 is 0 Å². The number of primary amides is 1. The van der Waals surface area contributed by atoms with Crippen LogP contribution in [-0.2, 0) is 11.2 Å². The minimum atomic E-state index is -0.340. The van der Waals surface area contributed by atoms with Crippen LogP contribution in [0, 0.1) is 11.3 Å². The molecule has 15 heavy (non-hydrogen) atoms. The molecular weight excluding hydrogens is 188 g/mol. The number of rotatable bonds is 4. The van der Waals surface area contributed by atoms with Gasteiger partial charge in [0.15, 0.2) is 0 Å². The van der Waals surface area contributed by atoms with Gasteiger partial charge in [-0.25, -0.2) is 0 Å². The van der Waals surface area contributed by atoms with Crippen molar-refractivity contribution in [3.63, 3.8) is 0 Å². The van der Waals surface area contributed by atoms with Crippen LogP contribution in [0.15, 0.2) is 30.3 Å². The summed E-state index contributed by atoms with van der Waals surface area (Å²) in [7, 11) is 0. The van der Waals surface area contributed by atoms with Crippen molar-refractivity contribution >= 4 is 12.0 Å². The van der Waals surface area contributed by atoms with Gasteiger partial charge in [-0.2, -0.15) is 5.26 Å². The van der Waals surface area contributed by atoms with E-state index in [1.165, 1.54) is 0 Å². The van der Waals surface area contributed by atoms with Gasteiger partial charge in [-0.15, -0.1) is 0 Å². The Morgan fingerprint density at radius 1 is 1.40 bits per heavy atom. The second-order valence-electron chi connectivity index (χ2n) is 3.15. The van der Waals surface area contributed by atoms with Crippen molar-refractivity contribution in [1.29, 1.82) is 5.26 Å². The molecule has 0 atom stereocenters. The summed E-state index contributed by atoms with van der Waals surface area (Å²) >= 11 is 0. The van der Waals surface area contributed by atoms with Gasteiger partial charge in [0.1, 0.15) is 0 Å². The van der Waals surface area contributed by atoms with E-state index in [4.69, 9.17) is 11.0 Å². The summed E-state index contributed by atoms with van der Waals surface area (Å²) in [6.07, 6.45) is 4.23. The van der Waals surface area contributed by atoms with E-state index in [1.54, 1.807) is 6.08 Å². The van der Waals surface area contributed by atoms with E-state index in [2.05, 4.69) is 6.07 Å². The van der Waals surface area contributed by atoms with Crippen LogP contribution in [0.1, 0.15) is 17.5 Å². The second kappa shape index (κ2) is 5.61. The Morgan fingerprint density at radius 3 is 2.60 bits per heavy atom. The molecule has 0 heterocycles. The first-order valence-corrected chi connectivity index (χ1v) is 4.63. The van der Waals surface area contributed by atoms with Crippen molar-refractivity contribution in [3.8, 4) is 6.07 Å². The van der Waals surface area contributed by atoms with Crippen LogP contribution in [0.5, 0.6) is 0 Å². The number of hydrogen-bond acceptors (Lipinski definition) is 2. The molecule has 0 aromatic heterocycles. The van der Waals surface area contributed by atoms with E-state index in [0.29, 0.717) is 6.42 Å². The molecule has 0 bridgehead atoms. The highest BCUT2D eigenvalue weighted by Gasteiger charge is 1.91. The van der Waals surface area contributed by atoms with E-state index in [1.807, 2.05) is 30.3 Å². The summed E-state index contributed by atoms with van der Waals surface area (Å²) in [5, 5.41) is 8.48. The third-order valence-corrected chi connectivity index (χ3v) is 1.89. The van der Waals surface area contributed by atoms with Gasteiger partial charge in [0.05, 0.1) is 12.5 Å². The Balaban J connectivity index is 2.61. The van der Waals surface area contributed by atoms with Crippen LogP contribution in [0.3, 0.4) is 0 Å². The summed E-state index contributed by atoms with van der Waals surface area (Å²) in [4.78, 5) is 10.5. The van der Waals surface area contributed by atoms with Crippen LogP contribution in [-0.4, -0.2) is 5.91 Å². The normalized spacial score (nSPS) is 10.1.